The second-order valence-corrected chi connectivity index (χ2v) is 7.16. The predicted molar refractivity (Wildman–Crippen MR) is 112 cm³/mol. The number of hydrogen-bond acceptors (Lipinski definition) is 4. The third-order valence-electron chi connectivity index (χ3n) is 4.88. The number of rotatable bonds is 6. The van der Waals surface area contributed by atoms with E-state index in [1.54, 1.807) is 23.7 Å². The molecule has 0 radical (unpaired) electrons. The van der Waals surface area contributed by atoms with E-state index in [0.717, 1.165) is 22.6 Å². The van der Waals surface area contributed by atoms with E-state index in [1.165, 1.54) is 13.0 Å². The van der Waals surface area contributed by atoms with Crippen molar-refractivity contribution in [3.05, 3.63) is 76.9 Å². The Bertz CT molecular complexity index is 1080. The molecule has 1 amide bonds. The molecule has 1 aromatic heterocycles. The molecule has 3 rings (SSSR count). The number of halogens is 1. The molecule has 0 fully saturated rings. The summed E-state index contributed by atoms with van der Waals surface area (Å²) in [7, 11) is 0. The quantitative estimate of drug-likeness (QED) is 0.624. The van der Waals surface area contributed by atoms with Crippen LogP contribution in [-0.4, -0.2) is 27.8 Å². The van der Waals surface area contributed by atoms with Crippen LogP contribution < -0.4 is 5.32 Å². The summed E-state index contributed by atoms with van der Waals surface area (Å²) in [5.74, 6) is -1.48. The number of aryl methyl sites for hydroxylation is 2. The minimum Gasteiger partial charge on any atom is -0.452 e. The normalized spacial score (nSPS) is 11.8. The number of para-hydroxylation sites is 1. The summed E-state index contributed by atoms with van der Waals surface area (Å²) >= 11 is 0. The molecule has 1 heterocycles. The first-order chi connectivity index (χ1) is 14.3. The summed E-state index contributed by atoms with van der Waals surface area (Å²) in [6.45, 7) is 6.83. The van der Waals surface area contributed by atoms with Crippen LogP contribution in [0.4, 0.5) is 10.1 Å². The topological polar surface area (TPSA) is 73.2 Å². The van der Waals surface area contributed by atoms with E-state index in [4.69, 9.17) is 4.74 Å². The van der Waals surface area contributed by atoms with E-state index in [0.29, 0.717) is 11.3 Å². The molecule has 0 unspecified atom stereocenters. The molecule has 0 saturated heterocycles. The number of ether oxygens (including phenoxy) is 1. The number of hydrogen-bond donors (Lipinski definition) is 1. The van der Waals surface area contributed by atoms with Crippen LogP contribution in [0.25, 0.3) is 5.69 Å². The maximum atomic E-state index is 13.6. The summed E-state index contributed by atoms with van der Waals surface area (Å²) in [4.78, 5) is 24.7. The summed E-state index contributed by atoms with van der Waals surface area (Å²) in [6.07, 6.45) is -1.02. The van der Waals surface area contributed by atoms with Gasteiger partial charge < -0.3 is 10.1 Å². The number of carbonyl (C=O) groups is 2. The minimum absolute atomic E-state index is 0.00127. The van der Waals surface area contributed by atoms with E-state index >= 15 is 0 Å². The predicted octanol–water partition coefficient (Wildman–Crippen LogP) is 4.05. The second kappa shape index (κ2) is 8.90. The molecular formula is C23H24FN3O3. The number of benzene rings is 2. The average molecular weight is 409 g/mol. The van der Waals surface area contributed by atoms with Gasteiger partial charge in [-0.2, -0.15) is 5.10 Å². The molecule has 0 aliphatic rings. The fourth-order valence-corrected chi connectivity index (χ4v) is 3.10. The molecule has 0 bridgehead atoms. The van der Waals surface area contributed by atoms with Crippen LogP contribution in [0.2, 0.25) is 0 Å². The Labute approximate surface area is 174 Å². The average Bonchev–Trinajstić information content (AvgIpc) is 2.99. The number of esters is 1. The largest absolute Gasteiger partial charge is 0.452 e. The monoisotopic (exact) mass is 409 g/mol. The van der Waals surface area contributed by atoms with Crippen molar-refractivity contribution in [1.29, 1.82) is 0 Å². The molecule has 156 valence electrons. The fourth-order valence-electron chi connectivity index (χ4n) is 3.10. The van der Waals surface area contributed by atoms with Crippen LogP contribution in [0.1, 0.15) is 29.4 Å². The lowest BCUT2D eigenvalue weighted by atomic mass is 10.1. The highest BCUT2D eigenvalue weighted by molar-refractivity contribution is 5.95. The Balaban J connectivity index is 1.64. The Morgan fingerprint density at radius 1 is 1.13 bits per heavy atom. The summed E-state index contributed by atoms with van der Waals surface area (Å²) in [6, 6.07) is 14.0. The van der Waals surface area contributed by atoms with E-state index in [2.05, 4.69) is 10.4 Å². The van der Waals surface area contributed by atoms with Gasteiger partial charge in [0.15, 0.2) is 6.10 Å². The van der Waals surface area contributed by atoms with Crippen molar-refractivity contribution in [3.63, 3.8) is 0 Å². The number of anilines is 1. The molecule has 7 heteroatoms. The number of nitrogens with zero attached hydrogens (tertiary/aromatic N) is 2. The molecule has 6 nitrogen and oxygen atoms in total. The van der Waals surface area contributed by atoms with Crippen LogP contribution in [0.5, 0.6) is 0 Å². The van der Waals surface area contributed by atoms with Crippen molar-refractivity contribution in [3.8, 4) is 5.69 Å². The first kappa shape index (κ1) is 21.2. The Morgan fingerprint density at radius 3 is 2.50 bits per heavy atom. The van der Waals surface area contributed by atoms with Gasteiger partial charge in [-0.1, -0.05) is 24.3 Å². The lowest BCUT2D eigenvalue weighted by molar-refractivity contribution is -0.152. The first-order valence-electron chi connectivity index (χ1n) is 9.63. The van der Waals surface area contributed by atoms with Gasteiger partial charge >= 0.3 is 5.97 Å². The van der Waals surface area contributed by atoms with Crippen LogP contribution in [0, 0.1) is 26.6 Å². The van der Waals surface area contributed by atoms with Crippen molar-refractivity contribution in [2.45, 2.75) is 40.2 Å². The van der Waals surface area contributed by atoms with Crippen LogP contribution in [-0.2, 0) is 20.7 Å². The zero-order chi connectivity index (χ0) is 21.8. The van der Waals surface area contributed by atoms with E-state index in [9.17, 15) is 14.0 Å². The van der Waals surface area contributed by atoms with Crippen molar-refractivity contribution in [1.82, 2.24) is 9.78 Å². The number of nitrogens with one attached hydrogen (secondary N) is 1. The third kappa shape index (κ3) is 4.74. The van der Waals surface area contributed by atoms with Gasteiger partial charge in [-0.25, -0.2) is 9.07 Å². The summed E-state index contributed by atoms with van der Waals surface area (Å²) < 4.78 is 20.7. The Morgan fingerprint density at radius 2 is 1.83 bits per heavy atom. The SMILES string of the molecule is Cc1ccc(NC(=O)[C@@H](C)OC(=O)Cc2c(C)nn(-c3ccccc3)c2C)cc1F. The molecular weight excluding hydrogens is 385 g/mol. The smallest absolute Gasteiger partial charge is 0.311 e. The van der Waals surface area contributed by atoms with Gasteiger partial charge in [0.1, 0.15) is 5.82 Å². The van der Waals surface area contributed by atoms with Gasteiger partial charge in [0, 0.05) is 16.9 Å². The molecule has 2 aromatic carbocycles. The molecule has 0 spiro atoms. The van der Waals surface area contributed by atoms with E-state index < -0.39 is 23.8 Å². The van der Waals surface area contributed by atoms with Crippen molar-refractivity contribution < 1.29 is 18.7 Å². The van der Waals surface area contributed by atoms with Crippen molar-refractivity contribution in [2.24, 2.45) is 0 Å². The molecule has 1 atom stereocenters. The van der Waals surface area contributed by atoms with Gasteiger partial charge in [0.2, 0.25) is 0 Å². The summed E-state index contributed by atoms with van der Waals surface area (Å²) in [5.41, 5.74) is 4.01. The van der Waals surface area contributed by atoms with Crippen molar-refractivity contribution >= 4 is 17.6 Å². The zero-order valence-electron chi connectivity index (χ0n) is 17.4. The van der Waals surface area contributed by atoms with Crippen molar-refractivity contribution in [2.75, 3.05) is 5.32 Å². The fraction of sp³-hybridized carbons (Fsp3) is 0.261. The van der Waals surface area contributed by atoms with Crippen LogP contribution >= 0.6 is 0 Å². The Hall–Kier alpha value is -3.48. The van der Waals surface area contributed by atoms with E-state index in [-0.39, 0.29) is 6.42 Å². The highest BCUT2D eigenvalue weighted by Gasteiger charge is 2.21. The molecule has 0 aliphatic carbocycles. The minimum atomic E-state index is -1.02. The lowest BCUT2D eigenvalue weighted by Gasteiger charge is -2.14. The molecule has 30 heavy (non-hydrogen) atoms. The molecule has 1 N–H and O–H groups in total. The third-order valence-corrected chi connectivity index (χ3v) is 4.88. The first-order valence-corrected chi connectivity index (χ1v) is 9.63. The summed E-state index contributed by atoms with van der Waals surface area (Å²) in [5, 5.41) is 7.07. The van der Waals surface area contributed by atoms with Gasteiger partial charge in [-0.05, 0) is 57.5 Å². The highest BCUT2D eigenvalue weighted by atomic mass is 19.1. The van der Waals surface area contributed by atoms with Gasteiger partial charge in [0.05, 0.1) is 17.8 Å². The zero-order valence-corrected chi connectivity index (χ0v) is 17.4. The van der Waals surface area contributed by atoms with Gasteiger partial charge in [-0.3, -0.25) is 9.59 Å². The number of aromatic nitrogens is 2. The second-order valence-electron chi connectivity index (χ2n) is 7.16. The van der Waals surface area contributed by atoms with Crippen LogP contribution in [0.15, 0.2) is 48.5 Å². The maximum absolute atomic E-state index is 13.6. The van der Waals surface area contributed by atoms with Crippen LogP contribution in [0.3, 0.4) is 0 Å². The van der Waals surface area contributed by atoms with E-state index in [1.807, 2.05) is 44.2 Å². The highest BCUT2D eigenvalue weighted by Crippen LogP contribution is 2.19. The molecule has 3 aromatic rings. The standard InChI is InChI=1S/C23H24FN3O3/c1-14-10-11-18(12-21(14)24)25-23(29)17(4)30-22(28)13-20-15(2)26-27(16(20)3)19-8-6-5-7-9-19/h5-12,17H,13H2,1-4H3,(H,25,29)/t17-/m1/s1. The van der Waals surface area contributed by atoms with Gasteiger partial charge in [0.25, 0.3) is 5.91 Å². The molecule has 0 aliphatic heterocycles. The maximum Gasteiger partial charge on any atom is 0.311 e. The van der Waals surface area contributed by atoms with Gasteiger partial charge in [-0.15, -0.1) is 0 Å². The Kier molecular flexibility index (Phi) is 6.30. The lowest BCUT2D eigenvalue weighted by Crippen LogP contribution is -2.30. The number of carbonyl (C=O) groups excluding carboxylic acids is 2. The molecule has 0 saturated carbocycles. The number of amides is 1.